The fraction of sp³-hybridized carbons (Fsp3) is 0.500. The third kappa shape index (κ3) is 5.38. The van der Waals surface area contributed by atoms with Crippen molar-refractivity contribution >= 4 is 35.2 Å². The maximum atomic E-state index is 13.2. The molecule has 8 heteroatoms. The van der Waals surface area contributed by atoms with E-state index in [1.165, 1.54) is 9.80 Å². The van der Waals surface area contributed by atoms with Crippen molar-refractivity contribution in [1.29, 1.82) is 0 Å². The van der Waals surface area contributed by atoms with Crippen LogP contribution in [0.1, 0.15) is 45.6 Å². The molecule has 4 amide bonds. The lowest BCUT2D eigenvalue weighted by molar-refractivity contribution is -0.143. The van der Waals surface area contributed by atoms with Crippen LogP contribution < -0.4 is 5.32 Å². The van der Waals surface area contributed by atoms with Crippen LogP contribution in [0.2, 0.25) is 5.02 Å². The molecule has 0 unspecified atom stereocenters. The number of nitrogens with one attached hydrogen (secondary N) is 1. The minimum absolute atomic E-state index is 0.0269. The molecule has 0 spiro atoms. The Morgan fingerprint density at radius 2 is 1.62 bits per heavy atom. The summed E-state index contributed by atoms with van der Waals surface area (Å²) in [5.41, 5.74) is 0.831. The molecular formula is C24H30ClN3O4. The minimum Gasteiger partial charge on any atom is -0.352 e. The van der Waals surface area contributed by atoms with Crippen LogP contribution in [-0.2, 0) is 25.7 Å². The number of benzene rings is 1. The van der Waals surface area contributed by atoms with E-state index in [9.17, 15) is 19.2 Å². The molecule has 32 heavy (non-hydrogen) atoms. The van der Waals surface area contributed by atoms with Crippen molar-refractivity contribution in [1.82, 2.24) is 15.1 Å². The number of hydrogen-bond acceptors (Lipinski definition) is 4. The summed E-state index contributed by atoms with van der Waals surface area (Å²) in [6, 6.07) is 6.30. The summed E-state index contributed by atoms with van der Waals surface area (Å²) in [7, 11) is 0. The van der Waals surface area contributed by atoms with Crippen molar-refractivity contribution in [3.63, 3.8) is 0 Å². The van der Waals surface area contributed by atoms with Gasteiger partial charge in [0.15, 0.2) is 0 Å². The summed E-state index contributed by atoms with van der Waals surface area (Å²) in [6.07, 6.45) is 4.97. The predicted octanol–water partition coefficient (Wildman–Crippen LogP) is 2.92. The lowest BCUT2D eigenvalue weighted by atomic mass is 9.85. The zero-order valence-corrected chi connectivity index (χ0v) is 19.5. The van der Waals surface area contributed by atoms with Crippen molar-refractivity contribution in [2.75, 3.05) is 6.54 Å². The number of likely N-dealkylation sites (tertiary alicyclic amines) is 1. The molecule has 1 aliphatic heterocycles. The second-order valence-electron chi connectivity index (χ2n) is 8.72. The Labute approximate surface area is 193 Å². The highest BCUT2D eigenvalue weighted by Crippen LogP contribution is 2.35. The van der Waals surface area contributed by atoms with E-state index in [1.807, 2.05) is 26.0 Å². The third-order valence-electron chi connectivity index (χ3n) is 6.01. The van der Waals surface area contributed by atoms with E-state index in [4.69, 9.17) is 11.6 Å². The second kappa shape index (κ2) is 10.3. The van der Waals surface area contributed by atoms with Gasteiger partial charge in [0, 0.05) is 30.6 Å². The molecule has 1 fully saturated rings. The van der Waals surface area contributed by atoms with E-state index in [2.05, 4.69) is 5.32 Å². The van der Waals surface area contributed by atoms with E-state index in [0.717, 1.165) is 5.56 Å². The summed E-state index contributed by atoms with van der Waals surface area (Å²) in [5.74, 6) is -1.58. The van der Waals surface area contributed by atoms with Gasteiger partial charge in [-0.2, -0.15) is 0 Å². The molecule has 1 heterocycles. The van der Waals surface area contributed by atoms with Crippen molar-refractivity contribution in [2.24, 2.45) is 11.8 Å². The normalized spacial score (nSPS) is 21.0. The first kappa shape index (κ1) is 24.0. The Balaban J connectivity index is 1.71. The van der Waals surface area contributed by atoms with Gasteiger partial charge in [-0.25, -0.2) is 0 Å². The van der Waals surface area contributed by atoms with Crippen LogP contribution in [0.15, 0.2) is 36.4 Å². The third-order valence-corrected chi connectivity index (χ3v) is 6.26. The summed E-state index contributed by atoms with van der Waals surface area (Å²) >= 11 is 5.96. The maximum Gasteiger partial charge on any atom is 0.242 e. The number of carbonyl (C=O) groups is 4. The number of amides is 4. The van der Waals surface area contributed by atoms with Gasteiger partial charge in [-0.15, -0.1) is 0 Å². The van der Waals surface area contributed by atoms with E-state index in [-0.39, 0.29) is 61.0 Å². The fourth-order valence-corrected chi connectivity index (χ4v) is 4.34. The van der Waals surface area contributed by atoms with Gasteiger partial charge in [-0.3, -0.25) is 24.1 Å². The predicted molar refractivity (Wildman–Crippen MR) is 121 cm³/mol. The molecule has 3 atom stereocenters. The van der Waals surface area contributed by atoms with Gasteiger partial charge in [-0.1, -0.05) is 35.9 Å². The smallest absolute Gasteiger partial charge is 0.242 e. The van der Waals surface area contributed by atoms with Gasteiger partial charge in [-0.05, 0) is 51.3 Å². The molecule has 172 valence electrons. The maximum absolute atomic E-state index is 13.2. The zero-order chi connectivity index (χ0) is 23.4. The topological polar surface area (TPSA) is 86.8 Å². The average molecular weight is 460 g/mol. The van der Waals surface area contributed by atoms with Gasteiger partial charge in [0.25, 0.3) is 0 Å². The Bertz CT molecular complexity index is 886. The molecule has 2 aliphatic rings. The molecule has 1 aromatic carbocycles. The molecule has 0 radical (unpaired) electrons. The molecule has 0 bridgehead atoms. The first-order valence-electron chi connectivity index (χ1n) is 11.0. The fourth-order valence-electron chi connectivity index (χ4n) is 4.21. The van der Waals surface area contributed by atoms with Gasteiger partial charge in [0.2, 0.25) is 23.6 Å². The number of rotatable bonds is 8. The Kier molecular flexibility index (Phi) is 7.72. The minimum atomic E-state index is -0.711. The largest absolute Gasteiger partial charge is 0.352 e. The van der Waals surface area contributed by atoms with Gasteiger partial charge >= 0.3 is 0 Å². The van der Waals surface area contributed by atoms with Gasteiger partial charge in [0.05, 0.1) is 11.8 Å². The number of allylic oxidation sites excluding steroid dienone is 2. The van der Waals surface area contributed by atoms with Crippen molar-refractivity contribution in [2.45, 2.75) is 58.7 Å². The van der Waals surface area contributed by atoms with E-state index >= 15 is 0 Å². The second-order valence-corrected chi connectivity index (χ2v) is 9.16. The summed E-state index contributed by atoms with van der Waals surface area (Å²) in [6.45, 7) is 5.64. The lowest BCUT2D eigenvalue weighted by Gasteiger charge is -2.30. The van der Waals surface area contributed by atoms with Crippen LogP contribution in [0.3, 0.4) is 0 Å². The highest BCUT2D eigenvalue weighted by atomic mass is 35.5. The van der Waals surface area contributed by atoms with Crippen LogP contribution in [0.5, 0.6) is 0 Å². The van der Waals surface area contributed by atoms with Crippen molar-refractivity contribution < 1.29 is 19.2 Å². The number of halogens is 1. The van der Waals surface area contributed by atoms with Crippen LogP contribution in [-0.4, -0.2) is 52.1 Å². The van der Waals surface area contributed by atoms with Crippen molar-refractivity contribution in [3.8, 4) is 0 Å². The number of nitrogens with zero attached hydrogens (tertiary/aromatic N) is 2. The standard InChI is InChI=1S/C24H30ClN3O4/c1-15(2)26-22(30)16(3)28(14-17-8-10-18(25)11-9-17)21(29)12-13-27-23(31)19-6-4-5-7-20(19)24(27)32/h4-5,8-11,15-16,19-20H,6-7,12-14H2,1-3H3,(H,26,30)/t16-,19-,20+/m0/s1. The molecule has 1 aromatic rings. The highest BCUT2D eigenvalue weighted by Gasteiger charge is 2.47. The Hall–Kier alpha value is -2.67. The summed E-state index contributed by atoms with van der Waals surface area (Å²) in [4.78, 5) is 53.9. The number of imide groups is 1. The van der Waals surface area contributed by atoms with E-state index in [1.54, 1.807) is 31.2 Å². The molecule has 3 rings (SSSR count). The Morgan fingerprint density at radius 3 is 2.16 bits per heavy atom. The van der Waals surface area contributed by atoms with Crippen LogP contribution in [0.25, 0.3) is 0 Å². The summed E-state index contributed by atoms with van der Waals surface area (Å²) < 4.78 is 0. The molecular weight excluding hydrogens is 430 g/mol. The molecule has 7 nitrogen and oxygen atoms in total. The van der Waals surface area contributed by atoms with Crippen LogP contribution >= 0.6 is 11.6 Å². The first-order chi connectivity index (χ1) is 15.2. The molecule has 1 saturated heterocycles. The number of fused-ring (bicyclic) bond motifs is 1. The summed E-state index contributed by atoms with van der Waals surface area (Å²) in [5, 5.41) is 3.42. The molecule has 0 saturated carbocycles. The van der Waals surface area contributed by atoms with Crippen LogP contribution in [0.4, 0.5) is 0 Å². The highest BCUT2D eigenvalue weighted by molar-refractivity contribution is 6.30. The zero-order valence-electron chi connectivity index (χ0n) is 18.7. The molecule has 1 aliphatic carbocycles. The van der Waals surface area contributed by atoms with E-state index in [0.29, 0.717) is 17.9 Å². The van der Waals surface area contributed by atoms with E-state index < -0.39 is 6.04 Å². The number of carbonyl (C=O) groups excluding carboxylic acids is 4. The quantitative estimate of drug-likeness (QED) is 0.478. The molecule has 0 aromatic heterocycles. The lowest BCUT2D eigenvalue weighted by Crippen LogP contribution is -2.49. The first-order valence-corrected chi connectivity index (χ1v) is 11.4. The molecule has 1 N–H and O–H groups in total. The van der Waals surface area contributed by atoms with Crippen LogP contribution in [0, 0.1) is 11.8 Å². The van der Waals surface area contributed by atoms with Gasteiger partial charge in [0.1, 0.15) is 6.04 Å². The monoisotopic (exact) mass is 459 g/mol. The van der Waals surface area contributed by atoms with Gasteiger partial charge < -0.3 is 10.2 Å². The SMILES string of the molecule is CC(C)NC(=O)[C@H](C)N(Cc1ccc(Cl)cc1)C(=O)CCN1C(=O)[C@H]2CC=CC[C@H]2C1=O. The number of hydrogen-bond donors (Lipinski definition) is 1. The average Bonchev–Trinajstić information content (AvgIpc) is 3.00. The Morgan fingerprint density at radius 1 is 1.06 bits per heavy atom. The van der Waals surface area contributed by atoms with Crippen molar-refractivity contribution in [3.05, 3.63) is 47.0 Å².